The van der Waals surface area contributed by atoms with Crippen LogP contribution < -0.4 is 0 Å². The van der Waals surface area contributed by atoms with Crippen LogP contribution in [-0.2, 0) is 0 Å². The van der Waals surface area contributed by atoms with E-state index in [9.17, 15) is 15.4 Å². The molecule has 3 aromatic rings. The molecule has 96 valence electrons. The van der Waals surface area contributed by atoms with Crippen LogP contribution in [0.15, 0.2) is 54.7 Å². The molecule has 0 aliphatic rings. The minimum atomic E-state index is -0.439. The van der Waals surface area contributed by atoms with Gasteiger partial charge in [-0.1, -0.05) is 6.07 Å². The number of non-ortho nitro benzene ring substituents is 1. The van der Waals surface area contributed by atoms with Crippen LogP contribution in [0.4, 0.5) is 5.69 Å². The third kappa shape index (κ3) is 1.80. The number of fused-ring (bicyclic) bond motifs is 1. The second-order valence-corrected chi connectivity index (χ2v) is 4.32. The first kappa shape index (κ1) is 11.9. The molecule has 0 spiro atoms. The van der Waals surface area contributed by atoms with Gasteiger partial charge in [0.1, 0.15) is 6.07 Å². The van der Waals surface area contributed by atoms with Crippen molar-refractivity contribution in [3.63, 3.8) is 0 Å². The van der Waals surface area contributed by atoms with Crippen molar-refractivity contribution in [3.8, 4) is 17.3 Å². The summed E-state index contributed by atoms with van der Waals surface area (Å²) in [4.78, 5) is 10.2. The second kappa shape index (κ2) is 4.52. The number of rotatable bonds is 2. The largest absolute Gasteiger partial charge is 0.315 e. The Morgan fingerprint density at radius 2 is 1.90 bits per heavy atom. The van der Waals surface area contributed by atoms with E-state index in [0.29, 0.717) is 5.56 Å². The molecule has 0 atom stereocenters. The summed E-state index contributed by atoms with van der Waals surface area (Å²) in [6.45, 7) is 0. The highest BCUT2D eigenvalue weighted by atomic mass is 16.6. The van der Waals surface area contributed by atoms with E-state index < -0.39 is 4.92 Å². The molecule has 20 heavy (non-hydrogen) atoms. The van der Waals surface area contributed by atoms with E-state index >= 15 is 0 Å². The van der Waals surface area contributed by atoms with Crippen LogP contribution in [0.3, 0.4) is 0 Å². The van der Waals surface area contributed by atoms with E-state index in [0.717, 1.165) is 16.8 Å². The number of nitrogens with zero attached hydrogens (tertiary/aromatic N) is 3. The lowest BCUT2D eigenvalue weighted by molar-refractivity contribution is -0.384. The maximum atomic E-state index is 10.7. The summed E-state index contributed by atoms with van der Waals surface area (Å²) in [7, 11) is 0. The Balaban J connectivity index is 2.23. The van der Waals surface area contributed by atoms with E-state index in [1.807, 2.05) is 28.8 Å². The molecule has 0 fully saturated rings. The predicted molar refractivity (Wildman–Crippen MR) is 74.2 cm³/mol. The van der Waals surface area contributed by atoms with Crippen LogP contribution >= 0.6 is 0 Å². The van der Waals surface area contributed by atoms with Crippen LogP contribution in [0.25, 0.3) is 16.8 Å². The Morgan fingerprint density at radius 1 is 1.15 bits per heavy atom. The van der Waals surface area contributed by atoms with E-state index in [1.165, 1.54) is 12.1 Å². The first-order valence-corrected chi connectivity index (χ1v) is 5.96. The molecule has 5 nitrogen and oxygen atoms in total. The molecule has 0 N–H and O–H groups in total. The fourth-order valence-corrected chi connectivity index (χ4v) is 2.24. The molecule has 1 aromatic carbocycles. The number of benzene rings is 1. The zero-order valence-corrected chi connectivity index (χ0v) is 10.4. The number of hydrogen-bond donors (Lipinski definition) is 0. The zero-order valence-electron chi connectivity index (χ0n) is 10.4. The summed E-state index contributed by atoms with van der Waals surface area (Å²) in [6, 6.07) is 15.9. The Bertz CT molecular complexity index is 842. The summed E-state index contributed by atoms with van der Waals surface area (Å²) in [5, 5.41) is 19.9. The van der Waals surface area contributed by atoms with Gasteiger partial charge in [-0.3, -0.25) is 10.1 Å². The summed E-state index contributed by atoms with van der Waals surface area (Å²) in [5.41, 5.74) is 3.02. The maximum absolute atomic E-state index is 10.7. The smallest absolute Gasteiger partial charge is 0.269 e. The van der Waals surface area contributed by atoms with E-state index in [1.54, 1.807) is 18.2 Å². The maximum Gasteiger partial charge on any atom is 0.269 e. The topological polar surface area (TPSA) is 71.3 Å². The van der Waals surface area contributed by atoms with Crippen molar-refractivity contribution in [3.05, 3.63) is 70.4 Å². The third-order valence-electron chi connectivity index (χ3n) is 3.15. The summed E-state index contributed by atoms with van der Waals surface area (Å²) in [5.74, 6) is 0. The molecule has 3 rings (SSSR count). The number of nitriles is 1. The van der Waals surface area contributed by atoms with Crippen LogP contribution in [0.5, 0.6) is 0 Å². The van der Waals surface area contributed by atoms with Crippen LogP contribution in [0.1, 0.15) is 5.56 Å². The Hall–Kier alpha value is -3.13. The van der Waals surface area contributed by atoms with E-state index in [-0.39, 0.29) is 5.69 Å². The zero-order chi connectivity index (χ0) is 14.1. The van der Waals surface area contributed by atoms with Crippen LogP contribution in [0, 0.1) is 21.4 Å². The monoisotopic (exact) mass is 263 g/mol. The van der Waals surface area contributed by atoms with Gasteiger partial charge in [0.05, 0.1) is 16.2 Å². The predicted octanol–water partition coefficient (Wildman–Crippen LogP) is 3.39. The van der Waals surface area contributed by atoms with Gasteiger partial charge in [-0.05, 0) is 30.3 Å². The van der Waals surface area contributed by atoms with Crippen molar-refractivity contribution in [1.82, 2.24) is 4.40 Å². The van der Waals surface area contributed by atoms with Crippen molar-refractivity contribution in [2.45, 2.75) is 0 Å². The highest BCUT2D eigenvalue weighted by Gasteiger charge is 2.13. The van der Waals surface area contributed by atoms with Gasteiger partial charge in [-0.15, -0.1) is 0 Å². The van der Waals surface area contributed by atoms with Gasteiger partial charge in [-0.25, -0.2) is 0 Å². The van der Waals surface area contributed by atoms with Crippen molar-refractivity contribution in [1.29, 1.82) is 5.26 Å². The SMILES string of the molecule is N#Cc1cc2ccccn2c1-c1ccc([N+](=O)[O-])cc1. The Kier molecular flexibility index (Phi) is 2.70. The molecule has 0 amide bonds. The highest BCUT2D eigenvalue weighted by Crippen LogP contribution is 2.28. The minimum Gasteiger partial charge on any atom is -0.315 e. The number of hydrogen-bond acceptors (Lipinski definition) is 3. The first-order valence-electron chi connectivity index (χ1n) is 5.96. The molecular formula is C15H9N3O2. The molecule has 2 aromatic heterocycles. The Labute approximate surface area is 114 Å². The van der Waals surface area contributed by atoms with Crippen LogP contribution in [0.2, 0.25) is 0 Å². The van der Waals surface area contributed by atoms with Gasteiger partial charge >= 0.3 is 0 Å². The van der Waals surface area contributed by atoms with E-state index in [2.05, 4.69) is 6.07 Å². The summed E-state index contributed by atoms with van der Waals surface area (Å²) < 4.78 is 1.90. The molecule has 0 saturated carbocycles. The van der Waals surface area contributed by atoms with Crippen molar-refractivity contribution >= 4 is 11.2 Å². The summed E-state index contributed by atoms with van der Waals surface area (Å²) in [6.07, 6.45) is 1.87. The van der Waals surface area contributed by atoms with Gasteiger partial charge < -0.3 is 4.40 Å². The lowest BCUT2D eigenvalue weighted by Crippen LogP contribution is -1.91. The molecule has 0 bridgehead atoms. The fourth-order valence-electron chi connectivity index (χ4n) is 2.24. The Morgan fingerprint density at radius 3 is 2.55 bits per heavy atom. The molecule has 0 aliphatic heterocycles. The number of aromatic nitrogens is 1. The molecule has 0 radical (unpaired) electrons. The van der Waals surface area contributed by atoms with Gasteiger partial charge in [-0.2, -0.15) is 5.26 Å². The van der Waals surface area contributed by atoms with Gasteiger partial charge in [0.2, 0.25) is 0 Å². The highest BCUT2D eigenvalue weighted by molar-refractivity contribution is 5.75. The standard InChI is InChI=1S/C15H9N3O2/c16-10-12-9-14-3-1-2-8-17(14)15(12)11-4-6-13(7-5-11)18(19)20/h1-9H. The summed E-state index contributed by atoms with van der Waals surface area (Å²) >= 11 is 0. The average molecular weight is 263 g/mol. The minimum absolute atomic E-state index is 0.0353. The average Bonchev–Trinajstić information content (AvgIpc) is 2.85. The van der Waals surface area contributed by atoms with Gasteiger partial charge in [0, 0.05) is 29.4 Å². The normalized spacial score (nSPS) is 10.3. The molecule has 5 heteroatoms. The first-order chi connectivity index (χ1) is 9.70. The van der Waals surface area contributed by atoms with Crippen molar-refractivity contribution in [2.75, 3.05) is 0 Å². The molecular weight excluding hydrogens is 254 g/mol. The lowest BCUT2D eigenvalue weighted by Gasteiger charge is -2.03. The van der Waals surface area contributed by atoms with Crippen molar-refractivity contribution < 1.29 is 4.92 Å². The number of nitro benzene ring substituents is 1. The molecule has 0 aliphatic carbocycles. The fraction of sp³-hybridized carbons (Fsp3) is 0. The van der Waals surface area contributed by atoms with E-state index in [4.69, 9.17) is 0 Å². The second-order valence-electron chi connectivity index (χ2n) is 4.32. The lowest BCUT2D eigenvalue weighted by atomic mass is 10.1. The quantitative estimate of drug-likeness (QED) is 0.525. The van der Waals surface area contributed by atoms with Gasteiger partial charge in [0.25, 0.3) is 5.69 Å². The molecule has 0 saturated heterocycles. The number of pyridine rings is 1. The number of nitro groups is 1. The third-order valence-corrected chi connectivity index (χ3v) is 3.15. The van der Waals surface area contributed by atoms with Crippen molar-refractivity contribution in [2.24, 2.45) is 0 Å². The molecule has 2 heterocycles. The van der Waals surface area contributed by atoms with Crippen LogP contribution in [-0.4, -0.2) is 9.32 Å². The van der Waals surface area contributed by atoms with Gasteiger partial charge in [0.15, 0.2) is 0 Å². The molecule has 0 unspecified atom stereocenters.